The first kappa shape index (κ1) is 42.5. The monoisotopic (exact) mass is 673 g/mol. The Bertz CT molecular complexity index is 1090. The van der Waals surface area contributed by atoms with Crippen LogP contribution in [0.25, 0.3) is 0 Å². The lowest BCUT2D eigenvalue weighted by Crippen LogP contribution is -2.58. The minimum absolute atomic E-state index is 0.0619. The fourth-order valence-electron chi connectivity index (χ4n) is 4.30. The highest BCUT2D eigenvalue weighted by Gasteiger charge is 2.32. The quantitative estimate of drug-likeness (QED) is 0.0271. The molecule has 0 aromatic heterocycles. The number of amides is 4. The molecule has 15 N–H and O–H groups in total. The minimum Gasteiger partial charge on any atom is -0.481 e. The third-order valence-electron chi connectivity index (χ3n) is 6.81. The molecule has 0 unspecified atom stereocenters. The van der Waals surface area contributed by atoms with Gasteiger partial charge in [0.2, 0.25) is 23.6 Å². The van der Waals surface area contributed by atoms with E-state index in [0.29, 0.717) is 19.4 Å². The third-order valence-corrected chi connectivity index (χ3v) is 6.81. The van der Waals surface area contributed by atoms with Crippen LogP contribution in [0.3, 0.4) is 0 Å². The highest BCUT2D eigenvalue weighted by molar-refractivity contribution is 5.95. The molecule has 0 aliphatic heterocycles. The number of carboxylic acids is 3. The Morgan fingerprint density at radius 1 is 0.660 bits per heavy atom. The molecule has 0 fully saturated rings. The van der Waals surface area contributed by atoms with Gasteiger partial charge in [0.15, 0.2) is 5.96 Å². The Hall–Kier alpha value is -4.52. The number of nitrogens with one attached hydrogen (secondary N) is 6. The number of carbonyl (C=O) groups excluding carboxylic acids is 4. The van der Waals surface area contributed by atoms with E-state index in [1.165, 1.54) is 0 Å². The van der Waals surface area contributed by atoms with Gasteiger partial charge in [-0.3, -0.25) is 34.2 Å². The summed E-state index contributed by atoms with van der Waals surface area (Å²) in [6.07, 6.45) is -0.115. The first-order chi connectivity index (χ1) is 22.0. The smallest absolute Gasteiger partial charge is 0.326 e. The van der Waals surface area contributed by atoms with Crippen molar-refractivity contribution in [1.82, 2.24) is 26.6 Å². The number of carboxylic acid groups (broad SMARTS) is 3. The van der Waals surface area contributed by atoms with E-state index >= 15 is 0 Å². The molecule has 0 bridgehead atoms. The van der Waals surface area contributed by atoms with Gasteiger partial charge in [-0.05, 0) is 57.4 Å². The number of nitrogens with two attached hydrogens (primary N) is 3. The van der Waals surface area contributed by atoms with Gasteiger partial charge in [-0.2, -0.15) is 0 Å². The van der Waals surface area contributed by atoms with Crippen molar-refractivity contribution in [2.75, 3.05) is 13.1 Å². The second-order valence-corrected chi connectivity index (χ2v) is 11.5. The summed E-state index contributed by atoms with van der Waals surface area (Å²) in [5.41, 5.74) is 16.7. The molecular weight excluding hydrogens is 622 g/mol. The zero-order chi connectivity index (χ0) is 36.1. The molecule has 0 saturated heterocycles. The van der Waals surface area contributed by atoms with Gasteiger partial charge in [0.25, 0.3) is 0 Å². The van der Waals surface area contributed by atoms with Crippen molar-refractivity contribution in [3.63, 3.8) is 0 Å². The van der Waals surface area contributed by atoms with E-state index in [-0.39, 0.29) is 50.5 Å². The van der Waals surface area contributed by atoms with E-state index in [2.05, 4.69) is 26.6 Å². The summed E-state index contributed by atoms with van der Waals surface area (Å²) in [6.45, 7) is 4.05. The van der Waals surface area contributed by atoms with Crippen LogP contribution >= 0.6 is 0 Å². The van der Waals surface area contributed by atoms with Crippen LogP contribution in [0.1, 0.15) is 78.1 Å². The van der Waals surface area contributed by atoms with Crippen molar-refractivity contribution < 1.29 is 48.9 Å². The second kappa shape index (κ2) is 22.9. The fraction of sp³-hybridized carbons (Fsp3) is 0.714. The molecular formula is C28H51N9O10. The van der Waals surface area contributed by atoms with Crippen LogP contribution in [-0.2, 0) is 33.6 Å². The van der Waals surface area contributed by atoms with Gasteiger partial charge in [0, 0.05) is 19.4 Å². The molecule has 0 spiro atoms. The zero-order valence-corrected chi connectivity index (χ0v) is 26.9. The number of unbranched alkanes of at least 4 members (excludes halogenated alkanes) is 1. The number of aliphatic carboxylic acids is 3. The lowest BCUT2D eigenvalue weighted by Gasteiger charge is -2.27. The van der Waals surface area contributed by atoms with Gasteiger partial charge in [0.05, 0.1) is 6.04 Å². The maximum Gasteiger partial charge on any atom is 0.326 e. The highest BCUT2D eigenvalue weighted by Crippen LogP contribution is 2.10. The van der Waals surface area contributed by atoms with E-state index in [0.717, 1.165) is 0 Å². The van der Waals surface area contributed by atoms with Crippen molar-refractivity contribution in [2.45, 2.75) is 108 Å². The predicted molar refractivity (Wildman–Crippen MR) is 169 cm³/mol. The molecule has 0 radical (unpaired) electrons. The van der Waals surface area contributed by atoms with E-state index in [4.69, 9.17) is 27.7 Å². The van der Waals surface area contributed by atoms with Crippen LogP contribution in [0.4, 0.5) is 0 Å². The SMILES string of the molecule is CC(C)C[C@H](NC(=O)[C@H](CCC(=O)O)NC(=O)[C@@H](N)CCCCN)C(=O)N[C@@H](CCCNC(=N)N)C(=O)N[C@H](CCC(=O)O)C(=O)O. The highest BCUT2D eigenvalue weighted by atomic mass is 16.4. The van der Waals surface area contributed by atoms with Crippen LogP contribution in [0.5, 0.6) is 0 Å². The van der Waals surface area contributed by atoms with Crippen molar-refractivity contribution >= 4 is 47.5 Å². The standard InChI is InChI=1S/C28H51N9O10/c1-15(2)14-20(37-25(44)18(8-10-21(38)39)34-23(42)16(30)6-3-4-12-29)26(45)35-17(7-5-13-33-28(31)32)24(43)36-19(27(46)47)9-11-22(40)41/h15-20H,3-14,29-30H2,1-2H3,(H,34,42)(H,35,45)(H,36,43)(H,37,44)(H,38,39)(H,40,41)(H,46,47)(H4,31,32,33)/t16-,17-,18-,19+,20-/m0/s1. The topological polar surface area (TPSA) is 342 Å². The molecule has 0 aromatic carbocycles. The first-order valence-corrected chi connectivity index (χ1v) is 15.4. The lowest BCUT2D eigenvalue weighted by atomic mass is 10.0. The Kier molecular flexibility index (Phi) is 20.7. The average molecular weight is 674 g/mol. The maximum atomic E-state index is 13.5. The van der Waals surface area contributed by atoms with Crippen molar-refractivity contribution in [3.8, 4) is 0 Å². The third kappa shape index (κ3) is 19.6. The first-order valence-electron chi connectivity index (χ1n) is 15.4. The molecule has 0 heterocycles. The molecule has 4 amide bonds. The van der Waals surface area contributed by atoms with Crippen LogP contribution < -0.4 is 43.8 Å². The van der Waals surface area contributed by atoms with Gasteiger partial charge < -0.3 is 59.1 Å². The molecule has 0 aromatic rings. The van der Waals surface area contributed by atoms with Crippen LogP contribution in [0.15, 0.2) is 0 Å². The molecule has 5 atom stereocenters. The molecule has 19 heteroatoms. The maximum absolute atomic E-state index is 13.5. The Labute approximate surface area is 273 Å². The molecule has 0 rings (SSSR count). The van der Waals surface area contributed by atoms with Crippen molar-refractivity contribution in [3.05, 3.63) is 0 Å². The minimum atomic E-state index is -1.57. The average Bonchev–Trinajstić information content (AvgIpc) is 2.97. The zero-order valence-electron chi connectivity index (χ0n) is 26.9. The fourth-order valence-corrected chi connectivity index (χ4v) is 4.30. The van der Waals surface area contributed by atoms with E-state index in [1.807, 2.05) is 0 Å². The molecule has 268 valence electrons. The summed E-state index contributed by atoms with van der Waals surface area (Å²) in [6, 6.07) is -6.52. The van der Waals surface area contributed by atoms with Crippen molar-refractivity contribution in [1.29, 1.82) is 5.41 Å². The van der Waals surface area contributed by atoms with Crippen LogP contribution in [0.2, 0.25) is 0 Å². The number of hydrogen-bond acceptors (Lipinski definition) is 10. The number of guanidine groups is 1. The summed E-state index contributed by atoms with van der Waals surface area (Å²) in [5, 5.41) is 47.1. The van der Waals surface area contributed by atoms with Gasteiger partial charge in [-0.15, -0.1) is 0 Å². The molecule has 0 aliphatic rings. The second-order valence-electron chi connectivity index (χ2n) is 11.5. The Balaban J connectivity index is 6.00. The summed E-state index contributed by atoms with van der Waals surface area (Å²) in [5.74, 6) is -7.80. The van der Waals surface area contributed by atoms with Crippen LogP contribution in [-0.4, -0.2) is 106 Å². The Morgan fingerprint density at radius 3 is 1.62 bits per heavy atom. The van der Waals surface area contributed by atoms with E-state index in [9.17, 15) is 43.8 Å². The number of rotatable bonds is 25. The normalized spacial score (nSPS) is 14.1. The van der Waals surface area contributed by atoms with Gasteiger partial charge in [-0.25, -0.2) is 4.79 Å². The van der Waals surface area contributed by atoms with Gasteiger partial charge in [-0.1, -0.05) is 20.3 Å². The molecule has 19 nitrogen and oxygen atoms in total. The molecule has 0 aliphatic carbocycles. The Morgan fingerprint density at radius 2 is 1.13 bits per heavy atom. The van der Waals surface area contributed by atoms with E-state index < -0.39 is 91.0 Å². The van der Waals surface area contributed by atoms with Gasteiger partial charge in [0.1, 0.15) is 24.2 Å². The number of carbonyl (C=O) groups is 7. The summed E-state index contributed by atoms with van der Waals surface area (Å²) >= 11 is 0. The largest absolute Gasteiger partial charge is 0.481 e. The van der Waals surface area contributed by atoms with Gasteiger partial charge >= 0.3 is 17.9 Å². The lowest BCUT2D eigenvalue weighted by molar-refractivity contribution is -0.143. The van der Waals surface area contributed by atoms with Crippen molar-refractivity contribution in [2.24, 2.45) is 23.1 Å². The van der Waals surface area contributed by atoms with Crippen LogP contribution in [0, 0.1) is 11.3 Å². The number of hydrogen-bond donors (Lipinski definition) is 12. The summed E-state index contributed by atoms with van der Waals surface area (Å²) in [4.78, 5) is 86.5. The predicted octanol–water partition coefficient (Wildman–Crippen LogP) is -2.49. The molecule has 47 heavy (non-hydrogen) atoms. The molecule has 0 saturated carbocycles. The van der Waals surface area contributed by atoms with E-state index in [1.54, 1.807) is 13.8 Å². The summed E-state index contributed by atoms with van der Waals surface area (Å²) < 4.78 is 0. The summed E-state index contributed by atoms with van der Waals surface area (Å²) in [7, 11) is 0.